The van der Waals surface area contributed by atoms with Crippen LogP contribution in [0.25, 0.3) is 0 Å². The van der Waals surface area contributed by atoms with E-state index in [1.807, 2.05) is 13.8 Å². The van der Waals surface area contributed by atoms with Crippen molar-refractivity contribution in [2.24, 2.45) is 5.92 Å². The summed E-state index contributed by atoms with van der Waals surface area (Å²) in [7, 11) is 0. The number of hydrogen-bond acceptors (Lipinski definition) is 3. The first-order chi connectivity index (χ1) is 12.0. The van der Waals surface area contributed by atoms with E-state index in [-0.39, 0.29) is 11.5 Å². The first-order valence-electron chi connectivity index (χ1n) is 8.84. The van der Waals surface area contributed by atoms with Gasteiger partial charge in [-0.3, -0.25) is 9.69 Å². The summed E-state index contributed by atoms with van der Waals surface area (Å²) < 4.78 is 19.2. The zero-order valence-corrected chi connectivity index (χ0v) is 14.8. The lowest BCUT2D eigenvalue weighted by Crippen LogP contribution is -2.38. The van der Waals surface area contributed by atoms with Crippen LogP contribution in [0.2, 0.25) is 0 Å². The average Bonchev–Trinajstić information content (AvgIpc) is 2.91. The largest absolute Gasteiger partial charge is 0.466 e. The Labute approximate surface area is 148 Å². The zero-order chi connectivity index (χ0) is 17.8. The minimum absolute atomic E-state index is 0.116. The van der Waals surface area contributed by atoms with Crippen molar-refractivity contribution in [2.45, 2.75) is 33.2 Å². The summed E-state index contributed by atoms with van der Waals surface area (Å²) in [5.41, 5.74) is 1.37. The highest BCUT2D eigenvalue weighted by molar-refractivity contribution is 5.94. The number of carbonyl (C=O) groups excluding carboxylic acids is 1. The number of aryl methyl sites for hydroxylation is 2. The van der Waals surface area contributed by atoms with Gasteiger partial charge in [-0.1, -0.05) is 12.1 Å². The van der Waals surface area contributed by atoms with E-state index >= 15 is 0 Å². The molecule has 4 nitrogen and oxygen atoms in total. The highest BCUT2D eigenvalue weighted by Crippen LogP contribution is 2.21. The fraction of sp³-hybridized carbons (Fsp3) is 0.450. The molecule has 1 saturated heterocycles. The Kier molecular flexibility index (Phi) is 5.53. The van der Waals surface area contributed by atoms with Crippen molar-refractivity contribution >= 4 is 5.91 Å². The van der Waals surface area contributed by atoms with Crippen LogP contribution in [0.4, 0.5) is 4.39 Å². The third kappa shape index (κ3) is 4.48. The minimum atomic E-state index is -0.472. The topological polar surface area (TPSA) is 45.5 Å². The summed E-state index contributed by atoms with van der Waals surface area (Å²) in [5, 5.41) is 2.87. The maximum absolute atomic E-state index is 13.6. The molecule has 1 aromatic heterocycles. The number of piperidine rings is 1. The van der Waals surface area contributed by atoms with Gasteiger partial charge in [0.25, 0.3) is 5.91 Å². The maximum atomic E-state index is 13.6. The van der Waals surface area contributed by atoms with E-state index in [1.165, 1.54) is 17.7 Å². The van der Waals surface area contributed by atoms with Crippen LogP contribution in [0.1, 0.15) is 40.3 Å². The zero-order valence-electron chi connectivity index (χ0n) is 14.8. The summed E-state index contributed by atoms with van der Waals surface area (Å²) >= 11 is 0. The standard InChI is InChI=1S/C20H25FN2O2/c1-14-11-17(15(2)25-14)13-23-9-7-16(8-10-23)12-22-20(24)18-5-3-4-6-19(18)21/h3-6,11,16H,7-10,12-13H2,1-2H3,(H,22,24). The monoisotopic (exact) mass is 344 g/mol. The van der Waals surface area contributed by atoms with E-state index < -0.39 is 5.82 Å². The molecule has 2 heterocycles. The van der Waals surface area contributed by atoms with E-state index in [9.17, 15) is 9.18 Å². The fourth-order valence-corrected chi connectivity index (χ4v) is 3.41. The number of hydrogen-bond donors (Lipinski definition) is 1. The molecule has 0 spiro atoms. The van der Waals surface area contributed by atoms with Crippen LogP contribution in [0, 0.1) is 25.6 Å². The number of furan rings is 1. The van der Waals surface area contributed by atoms with E-state index in [2.05, 4.69) is 16.3 Å². The molecule has 3 rings (SSSR count). The highest BCUT2D eigenvalue weighted by Gasteiger charge is 2.21. The Morgan fingerprint density at radius 2 is 2.00 bits per heavy atom. The third-order valence-electron chi connectivity index (χ3n) is 4.91. The number of nitrogens with one attached hydrogen (secondary N) is 1. The third-order valence-corrected chi connectivity index (χ3v) is 4.91. The summed E-state index contributed by atoms with van der Waals surface area (Å²) in [6.45, 7) is 7.50. The summed E-state index contributed by atoms with van der Waals surface area (Å²) in [6.07, 6.45) is 2.07. The second-order valence-electron chi connectivity index (χ2n) is 6.85. The molecule has 1 aliphatic rings. The van der Waals surface area contributed by atoms with Crippen LogP contribution in [-0.2, 0) is 6.54 Å². The quantitative estimate of drug-likeness (QED) is 0.900. The van der Waals surface area contributed by atoms with Gasteiger partial charge in [0.05, 0.1) is 5.56 Å². The number of halogens is 1. The Morgan fingerprint density at radius 1 is 1.28 bits per heavy atom. The van der Waals surface area contributed by atoms with Gasteiger partial charge in [-0.2, -0.15) is 0 Å². The molecule has 0 bridgehead atoms. The first-order valence-corrected chi connectivity index (χ1v) is 8.84. The second kappa shape index (κ2) is 7.83. The molecule has 0 atom stereocenters. The van der Waals surface area contributed by atoms with E-state index in [1.54, 1.807) is 12.1 Å². The maximum Gasteiger partial charge on any atom is 0.254 e. The lowest BCUT2D eigenvalue weighted by Gasteiger charge is -2.31. The Morgan fingerprint density at radius 3 is 2.64 bits per heavy atom. The van der Waals surface area contributed by atoms with Crippen LogP contribution >= 0.6 is 0 Å². The lowest BCUT2D eigenvalue weighted by molar-refractivity contribution is 0.0931. The van der Waals surface area contributed by atoms with Gasteiger partial charge in [-0.05, 0) is 63.9 Å². The number of likely N-dealkylation sites (tertiary alicyclic amines) is 1. The molecule has 0 radical (unpaired) electrons. The van der Waals surface area contributed by atoms with Gasteiger partial charge in [0.15, 0.2) is 0 Å². The molecule has 1 fully saturated rings. The van der Waals surface area contributed by atoms with E-state index in [4.69, 9.17) is 4.42 Å². The van der Waals surface area contributed by atoms with Crippen LogP contribution in [0.5, 0.6) is 0 Å². The lowest BCUT2D eigenvalue weighted by atomic mass is 9.96. The molecule has 1 aromatic carbocycles. The van der Waals surface area contributed by atoms with Crippen molar-refractivity contribution in [3.8, 4) is 0 Å². The molecule has 0 saturated carbocycles. The molecule has 1 aliphatic heterocycles. The van der Waals surface area contributed by atoms with Gasteiger partial charge in [0.1, 0.15) is 17.3 Å². The Balaban J connectivity index is 1.44. The molecule has 5 heteroatoms. The molecule has 2 aromatic rings. The normalized spacial score (nSPS) is 16.1. The van der Waals surface area contributed by atoms with Crippen molar-refractivity contribution in [3.05, 3.63) is 58.8 Å². The predicted octanol–water partition coefficient (Wildman–Crippen LogP) is 3.68. The van der Waals surface area contributed by atoms with Gasteiger partial charge >= 0.3 is 0 Å². The number of rotatable bonds is 5. The van der Waals surface area contributed by atoms with Crippen molar-refractivity contribution in [2.75, 3.05) is 19.6 Å². The van der Waals surface area contributed by atoms with Crippen LogP contribution in [0.15, 0.2) is 34.7 Å². The molecular formula is C20H25FN2O2. The molecule has 134 valence electrons. The fourth-order valence-electron chi connectivity index (χ4n) is 3.41. The van der Waals surface area contributed by atoms with Gasteiger partial charge in [-0.25, -0.2) is 4.39 Å². The number of benzene rings is 1. The SMILES string of the molecule is Cc1cc(CN2CCC(CNC(=O)c3ccccc3F)CC2)c(C)o1. The number of carbonyl (C=O) groups is 1. The van der Waals surface area contributed by atoms with Crippen molar-refractivity contribution in [1.29, 1.82) is 0 Å². The van der Waals surface area contributed by atoms with Crippen molar-refractivity contribution in [1.82, 2.24) is 10.2 Å². The number of nitrogens with zero attached hydrogens (tertiary/aromatic N) is 1. The summed E-state index contributed by atoms with van der Waals surface area (Å²) in [4.78, 5) is 14.5. The van der Waals surface area contributed by atoms with Gasteiger partial charge < -0.3 is 9.73 Å². The summed E-state index contributed by atoms with van der Waals surface area (Å²) in [6, 6.07) is 8.20. The van der Waals surface area contributed by atoms with Crippen LogP contribution < -0.4 is 5.32 Å². The van der Waals surface area contributed by atoms with Crippen LogP contribution in [-0.4, -0.2) is 30.4 Å². The van der Waals surface area contributed by atoms with Crippen LogP contribution in [0.3, 0.4) is 0 Å². The van der Waals surface area contributed by atoms with E-state index in [0.717, 1.165) is 44.0 Å². The van der Waals surface area contributed by atoms with Gasteiger partial charge in [0.2, 0.25) is 0 Å². The van der Waals surface area contributed by atoms with Gasteiger partial charge in [-0.15, -0.1) is 0 Å². The first kappa shape index (κ1) is 17.7. The summed E-state index contributed by atoms with van der Waals surface area (Å²) in [5.74, 6) is 1.60. The molecule has 25 heavy (non-hydrogen) atoms. The molecule has 1 amide bonds. The number of amides is 1. The molecular weight excluding hydrogens is 319 g/mol. The van der Waals surface area contributed by atoms with E-state index in [0.29, 0.717) is 12.5 Å². The molecule has 1 N–H and O–H groups in total. The molecule has 0 unspecified atom stereocenters. The Bertz CT molecular complexity index is 733. The average molecular weight is 344 g/mol. The van der Waals surface area contributed by atoms with Gasteiger partial charge in [0, 0.05) is 18.7 Å². The van der Waals surface area contributed by atoms with Crippen molar-refractivity contribution < 1.29 is 13.6 Å². The predicted molar refractivity (Wildman–Crippen MR) is 94.9 cm³/mol. The second-order valence-corrected chi connectivity index (χ2v) is 6.85. The highest BCUT2D eigenvalue weighted by atomic mass is 19.1. The minimum Gasteiger partial charge on any atom is -0.466 e. The smallest absolute Gasteiger partial charge is 0.254 e. The molecule has 0 aliphatic carbocycles. The van der Waals surface area contributed by atoms with Crippen molar-refractivity contribution in [3.63, 3.8) is 0 Å². The Hall–Kier alpha value is -2.14.